The first-order valence-corrected chi connectivity index (χ1v) is 14.9. The molecule has 0 heterocycles. The zero-order valence-corrected chi connectivity index (χ0v) is 26.5. The molecule has 0 aromatic heterocycles. The summed E-state index contributed by atoms with van der Waals surface area (Å²) in [6.45, 7) is 17.9. The summed E-state index contributed by atoms with van der Waals surface area (Å²) in [5, 5.41) is 0. The molecular weight excluding hydrogens is 524 g/mol. The van der Waals surface area contributed by atoms with Crippen molar-refractivity contribution in [3.63, 3.8) is 0 Å². The van der Waals surface area contributed by atoms with Crippen LogP contribution in [0.4, 0.5) is 0 Å². The van der Waals surface area contributed by atoms with Gasteiger partial charge in [-0.25, -0.2) is 5.57 Å². The molecule has 0 N–H and O–H groups in total. The molecule has 0 amide bonds. The van der Waals surface area contributed by atoms with Crippen LogP contribution in [0.5, 0.6) is 0 Å². The van der Waals surface area contributed by atoms with Crippen molar-refractivity contribution in [2.24, 2.45) is 11.3 Å². The van der Waals surface area contributed by atoms with Crippen molar-refractivity contribution >= 4 is 3.71 Å². The van der Waals surface area contributed by atoms with Crippen molar-refractivity contribution < 1.29 is 24.2 Å². The molecule has 0 spiro atoms. The van der Waals surface area contributed by atoms with Gasteiger partial charge in [-0.05, 0) is 6.42 Å². The SMILES string of the molecule is CC(C)(C)c1ccc([CH]=[Zr+2])cc1.CCC1=[C-]C(C)C=C1C(C)(C)C.[c-]1cccc2c1Cc1ccccc1-2. The maximum absolute atomic E-state index is 3.48. The molecule has 1 heteroatoms. The quantitative estimate of drug-likeness (QED) is 0.212. The number of hydrogen-bond acceptors (Lipinski definition) is 0. The van der Waals surface area contributed by atoms with Crippen LogP contribution < -0.4 is 0 Å². The molecule has 0 saturated heterocycles. The molecule has 2 aliphatic rings. The average Bonchev–Trinajstić information content (AvgIpc) is 3.44. The standard InChI is InChI=1S/C13H9.C12H19.C11H14.Zr/c1-3-7-12-10(5-1)9-11-6-2-4-8-13(11)12;1-6-10-7-9(2)8-11(10)12(3,4)5;1-9-5-7-10(8-6-9)11(2,3)4;/h1-5,7-8H,9H2;8-9H,6H2,1-5H3;1,5-8H,2-4H3;/q2*-1;;+2. The van der Waals surface area contributed by atoms with Gasteiger partial charge in [0.15, 0.2) is 0 Å². The zero-order chi connectivity index (χ0) is 27.2. The molecule has 0 nitrogen and oxygen atoms in total. The molecule has 5 rings (SSSR count). The Morgan fingerprint density at radius 2 is 1.51 bits per heavy atom. The number of allylic oxidation sites excluding steroid dienone is 4. The Morgan fingerprint density at radius 3 is 2.08 bits per heavy atom. The largest absolute Gasteiger partial charge is 0.266 e. The van der Waals surface area contributed by atoms with E-state index in [-0.39, 0.29) is 5.41 Å². The Labute approximate surface area is 241 Å². The van der Waals surface area contributed by atoms with Crippen molar-refractivity contribution in [3.05, 3.63) is 118 Å². The molecule has 0 fully saturated rings. The first-order valence-electron chi connectivity index (χ1n) is 13.5. The van der Waals surface area contributed by atoms with Crippen molar-refractivity contribution in [3.8, 4) is 11.1 Å². The van der Waals surface area contributed by atoms with Crippen LogP contribution in [0.1, 0.15) is 84.1 Å². The van der Waals surface area contributed by atoms with E-state index in [0.29, 0.717) is 11.3 Å². The second kappa shape index (κ2) is 12.6. The molecule has 3 aromatic rings. The Morgan fingerprint density at radius 1 is 0.865 bits per heavy atom. The molecule has 0 saturated carbocycles. The van der Waals surface area contributed by atoms with E-state index in [1.165, 1.54) is 68.8 Å². The van der Waals surface area contributed by atoms with Crippen LogP contribution in [0.3, 0.4) is 0 Å². The summed E-state index contributed by atoms with van der Waals surface area (Å²) in [5.41, 5.74) is 11.7. The van der Waals surface area contributed by atoms with Gasteiger partial charge < -0.3 is 0 Å². The fraction of sp³-hybridized carbons (Fsp3) is 0.361. The van der Waals surface area contributed by atoms with Crippen LogP contribution in [-0.2, 0) is 36.1 Å². The molecule has 0 aliphatic heterocycles. The van der Waals surface area contributed by atoms with Crippen molar-refractivity contribution in [1.29, 1.82) is 0 Å². The van der Waals surface area contributed by atoms with Gasteiger partial charge in [0, 0.05) is 0 Å². The van der Waals surface area contributed by atoms with Crippen LogP contribution in [0.2, 0.25) is 0 Å². The maximum Gasteiger partial charge on any atom is -0.0253 e. The van der Waals surface area contributed by atoms with E-state index in [1.807, 2.05) is 6.07 Å². The predicted octanol–water partition coefficient (Wildman–Crippen LogP) is 9.49. The second-order valence-corrected chi connectivity index (χ2v) is 12.7. The fourth-order valence-electron chi connectivity index (χ4n) is 4.82. The van der Waals surface area contributed by atoms with E-state index in [2.05, 4.69) is 138 Å². The third kappa shape index (κ3) is 7.94. The van der Waals surface area contributed by atoms with E-state index in [9.17, 15) is 0 Å². The van der Waals surface area contributed by atoms with Crippen LogP contribution in [-0.4, -0.2) is 3.71 Å². The summed E-state index contributed by atoms with van der Waals surface area (Å²) < 4.78 is 2.21. The monoisotopic (exact) mass is 564 g/mol. The minimum atomic E-state index is 0.277. The molecule has 190 valence electrons. The topological polar surface area (TPSA) is 0 Å². The summed E-state index contributed by atoms with van der Waals surface area (Å²) in [7, 11) is 0. The van der Waals surface area contributed by atoms with E-state index in [1.54, 1.807) is 0 Å². The number of hydrogen-bond donors (Lipinski definition) is 0. The van der Waals surface area contributed by atoms with Gasteiger partial charge in [0.2, 0.25) is 0 Å². The number of benzene rings is 3. The van der Waals surface area contributed by atoms with Crippen molar-refractivity contribution in [2.45, 2.75) is 73.6 Å². The van der Waals surface area contributed by atoms with Gasteiger partial charge in [-0.3, -0.25) is 6.08 Å². The fourth-order valence-corrected chi connectivity index (χ4v) is 5.29. The van der Waals surface area contributed by atoms with E-state index >= 15 is 0 Å². The first-order chi connectivity index (χ1) is 17.4. The van der Waals surface area contributed by atoms with E-state index in [4.69, 9.17) is 0 Å². The number of rotatable bonds is 2. The second-order valence-electron chi connectivity index (χ2n) is 12.0. The minimum absolute atomic E-state index is 0.277. The molecule has 1 unspecified atom stereocenters. The van der Waals surface area contributed by atoms with Gasteiger partial charge in [0.1, 0.15) is 0 Å². The minimum Gasteiger partial charge on any atom is -0.266 e. The van der Waals surface area contributed by atoms with Crippen LogP contribution in [0, 0.1) is 23.5 Å². The molecule has 0 bridgehead atoms. The summed E-state index contributed by atoms with van der Waals surface area (Å²) in [6.07, 6.45) is 8.00. The van der Waals surface area contributed by atoms with Gasteiger partial charge >= 0.3 is 89.5 Å². The summed E-state index contributed by atoms with van der Waals surface area (Å²) in [4.78, 5) is 0. The summed E-state index contributed by atoms with van der Waals surface area (Å²) in [6, 6.07) is 26.9. The third-order valence-corrected chi connectivity index (χ3v) is 7.68. The Balaban J connectivity index is 0.000000155. The van der Waals surface area contributed by atoms with Crippen LogP contribution >= 0.6 is 0 Å². The normalized spacial score (nSPS) is 15.8. The van der Waals surface area contributed by atoms with E-state index < -0.39 is 0 Å². The van der Waals surface area contributed by atoms with Crippen LogP contribution in [0.25, 0.3) is 11.1 Å². The smallest absolute Gasteiger partial charge is 0.0253 e. The van der Waals surface area contributed by atoms with Crippen molar-refractivity contribution in [1.82, 2.24) is 0 Å². The average molecular weight is 566 g/mol. The molecule has 37 heavy (non-hydrogen) atoms. The van der Waals surface area contributed by atoms with E-state index in [0.717, 1.165) is 12.8 Å². The molecule has 1 atom stereocenters. The molecule has 3 aromatic carbocycles. The molecule has 0 radical (unpaired) electrons. The molecular formula is C36H42Zr. The van der Waals surface area contributed by atoms with Crippen LogP contribution in [0.15, 0.2) is 84.0 Å². The van der Waals surface area contributed by atoms with Gasteiger partial charge in [-0.1, -0.05) is 87.8 Å². The van der Waals surface area contributed by atoms with Crippen molar-refractivity contribution in [2.75, 3.05) is 0 Å². The van der Waals surface area contributed by atoms with Gasteiger partial charge in [-0.2, -0.15) is 41.5 Å². The zero-order valence-electron chi connectivity index (χ0n) is 24.0. The number of fused-ring (bicyclic) bond motifs is 3. The Hall–Kier alpha value is -2.11. The summed E-state index contributed by atoms with van der Waals surface area (Å²) >= 11 is 1.46. The predicted molar refractivity (Wildman–Crippen MR) is 158 cm³/mol. The maximum atomic E-state index is 3.48. The Kier molecular flexibility index (Phi) is 10.0. The summed E-state index contributed by atoms with van der Waals surface area (Å²) in [5.74, 6) is 0.522. The Bertz CT molecular complexity index is 1210. The van der Waals surface area contributed by atoms with Gasteiger partial charge in [0.05, 0.1) is 0 Å². The first kappa shape index (κ1) is 29.4. The molecule has 2 aliphatic carbocycles. The van der Waals surface area contributed by atoms with Gasteiger partial charge in [-0.15, -0.1) is 5.56 Å². The van der Waals surface area contributed by atoms with Gasteiger partial charge in [0.25, 0.3) is 0 Å². The third-order valence-electron chi connectivity index (χ3n) is 6.87.